The number of aromatic nitrogens is 3. The lowest BCUT2D eigenvalue weighted by Gasteiger charge is -2.25. The lowest BCUT2D eigenvalue weighted by Crippen LogP contribution is -2.34. The summed E-state index contributed by atoms with van der Waals surface area (Å²) in [6, 6.07) is 21.6. The van der Waals surface area contributed by atoms with Gasteiger partial charge in [0.05, 0.1) is 17.1 Å². The Balaban J connectivity index is 1.44. The van der Waals surface area contributed by atoms with Crippen LogP contribution in [0.25, 0.3) is 10.8 Å². The number of fused-ring (bicyclic) bond motifs is 1. The number of carbonyl (C=O) groups excluding carboxylic acids is 1. The van der Waals surface area contributed by atoms with E-state index in [9.17, 15) is 9.59 Å². The van der Waals surface area contributed by atoms with E-state index >= 15 is 0 Å². The molecular weight excluding hydrogens is 412 g/mol. The van der Waals surface area contributed by atoms with Crippen LogP contribution in [0.3, 0.4) is 0 Å². The molecule has 1 unspecified atom stereocenters. The van der Waals surface area contributed by atoms with Gasteiger partial charge in [0.15, 0.2) is 5.69 Å². The molecule has 0 bridgehead atoms. The molecule has 5 rings (SSSR count). The Kier molecular flexibility index (Phi) is 5.73. The Hall–Kier alpha value is -3.80. The highest BCUT2D eigenvalue weighted by molar-refractivity contribution is 6.05. The maximum Gasteiger partial charge on any atom is 0.275 e. The number of pyridine rings is 1. The molecule has 2 aromatic heterocycles. The van der Waals surface area contributed by atoms with Crippen molar-refractivity contribution in [3.63, 3.8) is 0 Å². The number of amides is 1. The SMILES string of the molecule is CCn1nc(C(=O)N2CCCC2c2ccc(Cc3ccccc3)cn2)c2ccccc2c1=O. The fourth-order valence-corrected chi connectivity index (χ4v) is 4.63. The topological polar surface area (TPSA) is 68.1 Å². The molecule has 0 N–H and O–H groups in total. The van der Waals surface area contributed by atoms with E-state index in [2.05, 4.69) is 23.3 Å². The van der Waals surface area contributed by atoms with Crippen LogP contribution in [-0.4, -0.2) is 32.1 Å². The van der Waals surface area contributed by atoms with Gasteiger partial charge >= 0.3 is 0 Å². The number of carbonyl (C=O) groups is 1. The molecule has 1 atom stereocenters. The van der Waals surface area contributed by atoms with Gasteiger partial charge in [-0.15, -0.1) is 0 Å². The van der Waals surface area contributed by atoms with Crippen molar-refractivity contribution >= 4 is 16.7 Å². The van der Waals surface area contributed by atoms with Crippen LogP contribution in [0.2, 0.25) is 0 Å². The molecule has 0 aliphatic carbocycles. The molecule has 1 aliphatic rings. The van der Waals surface area contributed by atoms with Crippen molar-refractivity contribution in [2.45, 2.75) is 38.8 Å². The molecule has 0 spiro atoms. The third-order valence-corrected chi connectivity index (χ3v) is 6.32. The van der Waals surface area contributed by atoms with E-state index in [1.165, 1.54) is 10.2 Å². The van der Waals surface area contributed by atoms with E-state index < -0.39 is 0 Å². The minimum Gasteiger partial charge on any atom is -0.329 e. The first kappa shape index (κ1) is 21.1. The van der Waals surface area contributed by atoms with E-state index in [4.69, 9.17) is 4.98 Å². The summed E-state index contributed by atoms with van der Waals surface area (Å²) in [5, 5.41) is 5.58. The van der Waals surface area contributed by atoms with Gasteiger partial charge in [0.2, 0.25) is 0 Å². The lowest BCUT2D eigenvalue weighted by molar-refractivity contribution is 0.0726. The average molecular weight is 439 g/mol. The van der Waals surface area contributed by atoms with Crippen LogP contribution < -0.4 is 5.56 Å². The molecule has 1 aliphatic heterocycles. The zero-order valence-corrected chi connectivity index (χ0v) is 18.6. The predicted molar refractivity (Wildman–Crippen MR) is 128 cm³/mol. The molecule has 166 valence electrons. The number of hydrogen-bond acceptors (Lipinski definition) is 4. The van der Waals surface area contributed by atoms with Crippen molar-refractivity contribution in [1.29, 1.82) is 0 Å². The Morgan fingerprint density at radius 2 is 1.73 bits per heavy atom. The van der Waals surface area contributed by atoms with Gasteiger partial charge in [0.25, 0.3) is 11.5 Å². The van der Waals surface area contributed by atoms with Crippen molar-refractivity contribution < 1.29 is 4.79 Å². The summed E-state index contributed by atoms with van der Waals surface area (Å²) in [6.45, 7) is 2.92. The van der Waals surface area contributed by atoms with Gasteiger partial charge in [-0.2, -0.15) is 5.10 Å². The zero-order valence-electron chi connectivity index (χ0n) is 18.6. The quantitative estimate of drug-likeness (QED) is 0.464. The number of aryl methyl sites for hydroxylation is 1. The summed E-state index contributed by atoms with van der Waals surface area (Å²) < 4.78 is 1.37. The smallest absolute Gasteiger partial charge is 0.275 e. The second-order valence-corrected chi connectivity index (χ2v) is 8.43. The van der Waals surface area contributed by atoms with Crippen molar-refractivity contribution in [2.24, 2.45) is 0 Å². The summed E-state index contributed by atoms with van der Waals surface area (Å²) >= 11 is 0. The third-order valence-electron chi connectivity index (χ3n) is 6.32. The van der Waals surface area contributed by atoms with Crippen LogP contribution in [0.15, 0.2) is 77.7 Å². The average Bonchev–Trinajstić information content (AvgIpc) is 3.35. The highest BCUT2D eigenvalue weighted by Gasteiger charge is 2.33. The second kappa shape index (κ2) is 8.98. The van der Waals surface area contributed by atoms with E-state index in [0.717, 1.165) is 30.5 Å². The second-order valence-electron chi connectivity index (χ2n) is 8.43. The first-order valence-electron chi connectivity index (χ1n) is 11.5. The molecule has 2 aromatic carbocycles. The van der Waals surface area contributed by atoms with Crippen molar-refractivity contribution in [1.82, 2.24) is 19.7 Å². The third kappa shape index (κ3) is 4.04. The normalized spacial score (nSPS) is 15.8. The van der Waals surface area contributed by atoms with Gasteiger partial charge in [-0.1, -0.05) is 54.6 Å². The highest BCUT2D eigenvalue weighted by atomic mass is 16.2. The predicted octanol–water partition coefficient (Wildman–Crippen LogP) is 4.38. The van der Waals surface area contributed by atoms with Gasteiger partial charge in [0, 0.05) is 24.7 Å². The Labute approximate surface area is 192 Å². The summed E-state index contributed by atoms with van der Waals surface area (Å²) in [6.07, 6.45) is 4.52. The monoisotopic (exact) mass is 438 g/mol. The molecule has 1 fully saturated rings. The van der Waals surface area contributed by atoms with E-state index in [1.807, 2.05) is 54.4 Å². The lowest BCUT2D eigenvalue weighted by atomic mass is 10.0. The summed E-state index contributed by atoms with van der Waals surface area (Å²) in [5.74, 6) is -0.147. The van der Waals surface area contributed by atoms with Crippen LogP contribution in [0.5, 0.6) is 0 Å². The maximum atomic E-state index is 13.7. The van der Waals surface area contributed by atoms with Crippen LogP contribution in [0, 0.1) is 0 Å². The minimum absolute atomic E-state index is 0.0918. The molecule has 0 radical (unpaired) electrons. The van der Waals surface area contributed by atoms with Crippen molar-refractivity contribution in [3.05, 3.63) is 106 Å². The highest BCUT2D eigenvalue weighted by Crippen LogP contribution is 2.32. The number of benzene rings is 2. The number of rotatable bonds is 5. The van der Waals surface area contributed by atoms with Gasteiger partial charge in [-0.25, -0.2) is 4.68 Å². The Morgan fingerprint density at radius 3 is 2.45 bits per heavy atom. The van der Waals surface area contributed by atoms with Crippen LogP contribution in [0.1, 0.15) is 53.1 Å². The molecule has 0 saturated carbocycles. The molecule has 1 amide bonds. The van der Waals surface area contributed by atoms with Crippen molar-refractivity contribution in [2.75, 3.05) is 6.54 Å². The molecule has 1 saturated heterocycles. The largest absolute Gasteiger partial charge is 0.329 e. The number of likely N-dealkylation sites (tertiary alicyclic amines) is 1. The Bertz CT molecular complexity index is 1350. The Morgan fingerprint density at radius 1 is 0.970 bits per heavy atom. The molecular formula is C27H26N4O2. The standard InChI is InChI=1S/C27H26N4O2/c1-2-31-26(32)22-12-7-6-11-21(22)25(29-31)27(33)30-16-8-13-24(30)23-15-14-20(18-28-23)17-19-9-4-3-5-10-19/h3-7,9-12,14-15,18,24H,2,8,13,16-17H2,1H3. The minimum atomic E-state index is -0.168. The zero-order chi connectivity index (χ0) is 22.8. The summed E-state index contributed by atoms with van der Waals surface area (Å²) in [4.78, 5) is 32.9. The fourth-order valence-electron chi connectivity index (χ4n) is 4.63. The van der Waals surface area contributed by atoms with Gasteiger partial charge < -0.3 is 4.90 Å². The molecule has 4 aromatic rings. The van der Waals surface area contributed by atoms with Gasteiger partial charge in [-0.05, 0) is 49.4 Å². The fraction of sp³-hybridized carbons (Fsp3) is 0.259. The molecule has 6 nitrogen and oxygen atoms in total. The van der Waals surface area contributed by atoms with Gasteiger partial charge in [-0.3, -0.25) is 14.6 Å². The summed E-state index contributed by atoms with van der Waals surface area (Å²) in [7, 11) is 0. The van der Waals surface area contributed by atoms with E-state index in [-0.39, 0.29) is 17.5 Å². The molecule has 33 heavy (non-hydrogen) atoms. The number of nitrogens with zero attached hydrogens (tertiary/aromatic N) is 4. The van der Waals surface area contributed by atoms with Crippen LogP contribution in [-0.2, 0) is 13.0 Å². The van der Waals surface area contributed by atoms with Gasteiger partial charge in [0.1, 0.15) is 0 Å². The summed E-state index contributed by atoms with van der Waals surface area (Å²) in [5.41, 5.74) is 3.45. The first-order valence-corrected chi connectivity index (χ1v) is 11.5. The molecule has 3 heterocycles. The molecule has 6 heteroatoms. The van der Waals surface area contributed by atoms with E-state index in [0.29, 0.717) is 29.6 Å². The number of hydrogen-bond donors (Lipinski definition) is 0. The van der Waals surface area contributed by atoms with Crippen LogP contribution >= 0.6 is 0 Å². The first-order chi connectivity index (χ1) is 16.2. The van der Waals surface area contributed by atoms with Crippen LogP contribution in [0.4, 0.5) is 0 Å². The maximum absolute atomic E-state index is 13.7. The van der Waals surface area contributed by atoms with Crippen molar-refractivity contribution in [3.8, 4) is 0 Å². The van der Waals surface area contributed by atoms with E-state index in [1.54, 1.807) is 12.1 Å².